The molecular formula is C4H9NOS. The highest BCUT2D eigenvalue weighted by atomic mass is 32.1. The molecule has 0 radical (unpaired) electrons. The molecule has 0 saturated carbocycles. The predicted molar refractivity (Wildman–Crippen MR) is 34.0 cm³/mol. The van der Waals surface area contributed by atoms with E-state index in [1.54, 1.807) is 7.11 Å². The lowest BCUT2D eigenvalue weighted by molar-refractivity contribution is 0.245. The number of methoxy groups -OCH3 is 1. The van der Waals surface area contributed by atoms with Gasteiger partial charge in [-0.05, 0) is 19.7 Å². The average molecular weight is 119 g/mol. The highest BCUT2D eigenvalue weighted by Gasteiger charge is 1.82. The normalized spacial score (nSPS) is 12.1. The summed E-state index contributed by atoms with van der Waals surface area (Å²) in [5.41, 5.74) is 0.894. The molecule has 0 bridgehead atoms. The summed E-state index contributed by atoms with van der Waals surface area (Å²) in [6.45, 7) is 2.43. The van der Waals surface area contributed by atoms with Gasteiger partial charge >= 0.3 is 0 Å². The quantitative estimate of drug-likeness (QED) is 0.424. The van der Waals surface area contributed by atoms with E-state index in [9.17, 15) is 0 Å². The van der Waals surface area contributed by atoms with Crippen LogP contribution >= 0.6 is 12.8 Å². The third-order valence-corrected chi connectivity index (χ3v) is 0.865. The predicted octanol–water partition coefficient (Wildman–Crippen LogP) is 0.939. The molecule has 3 heteroatoms. The monoisotopic (exact) mass is 119 g/mol. The molecule has 0 rings (SSSR count). The first-order valence-corrected chi connectivity index (χ1v) is 2.37. The van der Waals surface area contributed by atoms with Crippen molar-refractivity contribution in [1.82, 2.24) is 0 Å². The lowest BCUT2D eigenvalue weighted by atomic mass is 10.5. The zero-order valence-corrected chi connectivity index (χ0v) is 5.40. The molecule has 0 saturated heterocycles. The van der Waals surface area contributed by atoms with E-state index in [0.717, 1.165) is 5.71 Å². The van der Waals surface area contributed by atoms with Gasteiger partial charge in [0.25, 0.3) is 0 Å². The second kappa shape index (κ2) is 4.15. The molecule has 2 nitrogen and oxygen atoms in total. The fourth-order valence-electron chi connectivity index (χ4n) is 0.238. The van der Waals surface area contributed by atoms with Gasteiger partial charge in [-0.2, -0.15) is 0 Å². The van der Waals surface area contributed by atoms with Gasteiger partial charge in [0.05, 0.1) is 6.61 Å². The summed E-state index contributed by atoms with van der Waals surface area (Å²) in [7, 11) is 1.63. The molecule has 0 atom stereocenters. The minimum absolute atomic E-state index is 0.573. The maximum Gasteiger partial charge on any atom is 0.0848 e. The number of nitrogens with zero attached hydrogens (tertiary/aromatic N) is 1. The molecule has 0 aromatic rings. The lowest BCUT2D eigenvalue weighted by Crippen LogP contribution is -1.98. The minimum atomic E-state index is 0.573. The van der Waals surface area contributed by atoms with Crippen LogP contribution < -0.4 is 0 Å². The Morgan fingerprint density at radius 2 is 2.43 bits per heavy atom. The largest absolute Gasteiger partial charge is 0.379 e. The van der Waals surface area contributed by atoms with Crippen LogP contribution in [0.25, 0.3) is 0 Å². The van der Waals surface area contributed by atoms with E-state index in [2.05, 4.69) is 17.2 Å². The molecule has 0 amide bonds. The summed E-state index contributed by atoms with van der Waals surface area (Å²) in [4.78, 5) is 0. The van der Waals surface area contributed by atoms with E-state index in [1.807, 2.05) is 6.92 Å². The summed E-state index contributed by atoms with van der Waals surface area (Å²) in [6.07, 6.45) is 0. The van der Waals surface area contributed by atoms with Gasteiger partial charge in [-0.15, -0.1) is 0 Å². The molecule has 0 aromatic carbocycles. The Hall–Kier alpha value is -0.0200. The molecule has 0 unspecified atom stereocenters. The maximum atomic E-state index is 4.71. The molecule has 0 N–H and O–H groups in total. The first kappa shape index (κ1) is 6.98. The van der Waals surface area contributed by atoms with Crippen LogP contribution in [0, 0.1) is 0 Å². The van der Waals surface area contributed by atoms with Crippen LogP contribution in [0.15, 0.2) is 4.40 Å². The summed E-state index contributed by atoms with van der Waals surface area (Å²) < 4.78 is 8.28. The molecule has 0 aromatic heterocycles. The Bertz CT molecular complexity index is 72.1. The average Bonchev–Trinajstić information content (AvgIpc) is 1.68. The fourth-order valence-corrected chi connectivity index (χ4v) is 0.295. The second-order valence-electron chi connectivity index (χ2n) is 1.27. The highest BCUT2D eigenvalue weighted by Crippen LogP contribution is 1.80. The van der Waals surface area contributed by atoms with Crippen LogP contribution in [-0.4, -0.2) is 19.4 Å². The van der Waals surface area contributed by atoms with Crippen LogP contribution in [0.2, 0.25) is 0 Å². The topological polar surface area (TPSA) is 21.6 Å². The third-order valence-electron chi connectivity index (χ3n) is 0.524. The zero-order valence-electron chi connectivity index (χ0n) is 4.51. The standard InChI is InChI=1S/C4H9NOS/c1-4(5-7)3-6-2/h7H,3H2,1-2H3. The van der Waals surface area contributed by atoms with Gasteiger partial charge < -0.3 is 4.74 Å². The van der Waals surface area contributed by atoms with Crippen molar-refractivity contribution in [2.24, 2.45) is 4.40 Å². The smallest absolute Gasteiger partial charge is 0.0848 e. The van der Waals surface area contributed by atoms with Crippen molar-refractivity contribution in [2.75, 3.05) is 13.7 Å². The van der Waals surface area contributed by atoms with Crippen molar-refractivity contribution in [2.45, 2.75) is 6.92 Å². The van der Waals surface area contributed by atoms with Gasteiger partial charge in [-0.3, -0.25) is 0 Å². The molecule has 0 aliphatic rings. The maximum absolute atomic E-state index is 4.71. The second-order valence-corrected chi connectivity index (χ2v) is 1.47. The van der Waals surface area contributed by atoms with Gasteiger partial charge in [0.2, 0.25) is 0 Å². The molecular weight excluding hydrogens is 110 g/mol. The summed E-state index contributed by atoms with van der Waals surface area (Å²) >= 11 is 3.66. The SMILES string of the molecule is COCC(C)=NS. The van der Waals surface area contributed by atoms with Crippen molar-refractivity contribution in [3.63, 3.8) is 0 Å². The Kier molecular flexibility index (Phi) is 4.14. The van der Waals surface area contributed by atoms with Crippen LogP contribution in [0.1, 0.15) is 6.92 Å². The van der Waals surface area contributed by atoms with E-state index in [1.165, 1.54) is 0 Å². The van der Waals surface area contributed by atoms with Crippen molar-refractivity contribution in [3.05, 3.63) is 0 Å². The fraction of sp³-hybridized carbons (Fsp3) is 0.750. The van der Waals surface area contributed by atoms with Crippen LogP contribution in [0.4, 0.5) is 0 Å². The van der Waals surface area contributed by atoms with E-state index in [4.69, 9.17) is 4.74 Å². The van der Waals surface area contributed by atoms with Crippen molar-refractivity contribution in [3.8, 4) is 0 Å². The van der Waals surface area contributed by atoms with Crippen LogP contribution in [0.5, 0.6) is 0 Å². The zero-order chi connectivity index (χ0) is 5.70. The number of hydrogen-bond donors (Lipinski definition) is 1. The lowest BCUT2D eigenvalue weighted by Gasteiger charge is -1.91. The van der Waals surface area contributed by atoms with Gasteiger partial charge in [0.15, 0.2) is 0 Å². The first-order chi connectivity index (χ1) is 3.31. The van der Waals surface area contributed by atoms with Crippen LogP contribution in [0.3, 0.4) is 0 Å². The Morgan fingerprint density at radius 3 is 2.57 bits per heavy atom. The van der Waals surface area contributed by atoms with Crippen LogP contribution in [-0.2, 0) is 4.74 Å². The van der Waals surface area contributed by atoms with Crippen molar-refractivity contribution < 1.29 is 4.74 Å². The molecule has 0 spiro atoms. The van der Waals surface area contributed by atoms with E-state index >= 15 is 0 Å². The minimum Gasteiger partial charge on any atom is -0.379 e. The van der Waals surface area contributed by atoms with Gasteiger partial charge in [0, 0.05) is 12.8 Å². The summed E-state index contributed by atoms with van der Waals surface area (Å²) in [5, 5.41) is 0. The Balaban J connectivity index is 3.17. The third kappa shape index (κ3) is 3.82. The van der Waals surface area contributed by atoms with Crippen molar-refractivity contribution >= 4 is 18.5 Å². The van der Waals surface area contributed by atoms with Gasteiger partial charge in [-0.25, -0.2) is 4.40 Å². The molecule has 7 heavy (non-hydrogen) atoms. The molecule has 42 valence electrons. The van der Waals surface area contributed by atoms with Gasteiger partial charge in [-0.1, -0.05) is 0 Å². The first-order valence-electron chi connectivity index (χ1n) is 1.97. The Morgan fingerprint density at radius 1 is 1.86 bits per heavy atom. The molecule has 0 fully saturated rings. The number of hydrogen-bond acceptors (Lipinski definition) is 3. The molecule has 0 heterocycles. The van der Waals surface area contributed by atoms with Crippen molar-refractivity contribution in [1.29, 1.82) is 0 Å². The molecule has 0 aliphatic heterocycles. The van der Waals surface area contributed by atoms with E-state index in [-0.39, 0.29) is 0 Å². The number of rotatable bonds is 2. The summed E-state index contributed by atoms with van der Waals surface area (Å²) in [6, 6.07) is 0. The number of ether oxygens (including phenoxy) is 1. The summed E-state index contributed by atoms with van der Waals surface area (Å²) in [5.74, 6) is 0. The highest BCUT2D eigenvalue weighted by molar-refractivity contribution is 7.79. The van der Waals surface area contributed by atoms with E-state index in [0.29, 0.717) is 6.61 Å². The van der Waals surface area contributed by atoms with Gasteiger partial charge in [0.1, 0.15) is 0 Å². The van der Waals surface area contributed by atoms with E-state index < -0.39 is 0 Å². The number of thiol groups is 1. The Labute approximate surface area is 49.1 Å². The molecule has 0 aliphatic carbocycles.